The van der Waals surface area contributed by atoms with Gasteiger partial charge in [-0.05, 0) is 24.3 Å². The minimum absolute atomic E-state index is 0.923. The molecule has 7 aromatic rings. The van der Waals surface area contributed by atoms with E-state index in [0.29, 0.717) is 0 Å². The van der Waals surface area contributed by atoms with Crippen LogP contribution >= 0.6 is 22.7 Å². The number of rotatable bonds is 2. The number of hydrogen-bond donors (Lipinski definition) is 0. The van der Waals surface area contributed by atoms with E-state index in [1.54, 1.807) is 12.4 Å². The van der Waals surface area contributed by atoms with Crippen molar-refractivity contribution in [1.82, 2.24) is 9.97 Å². The molecule has 3 heterocycles. The van der Waals surface area contributed by atoms with Crippen molar-refractivity contribution in [2.24, 2.45) is 0 Å². The molecule has 32 heavy (non-hydrogen) atoms. The van der Waals surface area contributed by atoms with E-state index >= 15 is 0 Å². The smallest absolute Gasteiger partial charge is 0.0965 e. The van der Waals surface area contributed by atoms with Crippen molar-refractivity contribution >= 4 is 63.0 Å². The topological polar surface area (TPSA) is 25.8 Å². The first-order valence-electron chi connectivity index (χ1n) is 10.5. The van der Waals surface area contributed by atoms with Gasteiger partial charge in [0.2, 0.25) is 0 Å². The summed E-state index contributed by atoms with van der Waals surface area (Å²) >= 11 is 3.66. The SMILES string of the molecule is c1ccc2c(c1)sc1cc(-c3nccnc3-c3ccc4c(c3)sc3ccccc34)ccc12. The molecule has 150 valence electrons. The molecule has 0 fully saturated rings. The number of benzene rings is 4. The quantitative estimate of drug-likeness (QED) is 0.267. The Morgan fingerprint density at radius 3 is 1.38 bits per heavy atom. The van der Waals surface area contributed by atoms with Crippen molar-refractivity contribution in [3.05, 3.63) is 97.3 Å². The summed E-state index contributed by atoms with van der Waals surface area (Å²) in [7, 11) is 0. The molecule has 0 amide bonds. The summed E-state index contributed by atoms with van der Waals surface area (Å²) in [6, 6.07) is 30.5. The van der Waals surface area contributed by atoms with Crippen molar-refractivity contribution in [3.8, 4) is 22.5 Å². The fourth-order valence-electron chi connectivity index (χ4n) is 4.51. The zero-order valence-corrected chi connectivity index (χ0v) is 18.6. The molecular weight excluding hydrogens is 428 g/mol. The highest BCUT2D eigenvalue weighted by molar-refractivity contribution is 7.26. The third kappa shape index (κ3) is 2.70. The molecule has 4 aromatic carbocycles. The lowest BCUT2D eigenvalue weighted by Gasteiger charge is -2.08. The molecule has 0 spiro atoms. The van der Waals surface area contributed by atoms with Gasteiger partial charge in [0.1, 0.15) is 0 Å². The van der Waals surface area contributed by atoms with E-state index in [-0.39, 0.29) is 0 Å². The Morgan fingerprint density at radius 2 is 0.875 bits per heavy atom. The van der Waals surface area contributed by atoms with E-state index in [9.17, 15) is 0 Å². The minimum Gasteiger partial charge on any atom is -0.252 e. The van der Waals surface area contributed by atoms with E-state index in [1.807, 2.05) is 22.7 Å². The van der Waals surface area contributed by atoms with Gasteiger partial charge in [0.05, 0.1) is 11.4 Å². The minimum atomic E-state index is 0.923. The highest BCUT2D eigenvalue weighted by atomic mass is 32.1. The van der Waals surface area contributed by atoms with Gasteiger partial charge < -0.3 is 0 Å². The van der Waals surface area contributed by atoms with Gasteiger partial charge in [-0.2, -0.15) is 0 Å². The van der Waals surface area contributed by atoms with Gasteiger partial charge in [-0.25, -0.2) is 0 Å². The second-order valence-corrected chi connectivity index (χ2v) is 10.0. The normalized spacial score (nSPS) is 11.8. The standard InChI is InChI=1S/C28H16N2S2/c1-3-7-23-19(5-1)21-11-9-17(15-25(21)31-23)27-28(30-14-13-29-27)18-10-12-22-20-6-2-4-8-24(20)32-26(22)16-18/h1-16H. The Morgan fingerprint density at radius 1 is 0.438 bits per heavy atom. The van der Waals surface area contributed by atoms with Crippen LogP contribution in [0.2, 0.25) is 0 Å². The summed E-state index contributed by atoms with van der Waals surface area (Å²) in [5.74, 6) is 0. The van der Waals surface area contributed by atoms with Gasteiger partial charge >= 0.3 is 0 Å². The highest BCUT2D eigenvalue weighted by Gasteiger charge is 2.14. The average Bonchev–Trinajstić information content (AvgIpc) is 3.41. The van der Waals surface area contributed by atoms with E-state index in [2.05, 4.69) is 84.9 Å². The second kappa shape index (κ2) is 6.95. The van der Waals surface area contributed by atoms with E-state index in [4.69, 9.17) is 9.97 Å². The maximum Gasteiger partial charge on any atom is 0.0965 e. The van der Waals surface area contributed by atoms with Crippen LogP contribution in [0.3, 0.4) is 0 Å². The molecule has 0 N–H and O–H groups in total. The molecule has 4 heteroatoms. The summed E-state index contributed by atoms with van der Waals surface area (Å²) in [6.07, 6.45) is 3.57. The molecule has 0 aliphatic rings. The first-order chi connectivity index (χ1) is 15.8. The van der Waals surface area contributed by atoms with Gasteiger partial charge in [-0.1, -0.05) is 60.7 Å². The van der Waals surface area contributed by atoms with Crippen molar-refractivity contribution in [3.63, 3.8) is 0 Å². The number of thiophene rings is 2. The van der Waals surface area contributed by atoms with Gasteiger partial charge in [0, 0.05) is 63.9 Å². The zero-order valence-electron chi connectivity index (χ0n) is 16.9. The molecule has 0 radical (unpaired) electrons. The predicted molar refractivity (Wildman–Crippen MR) is 139 cm³/mol. The first kappa shape index (κ1) is 18.0. The molecule has 0 saturated heterocycles. The van der Waals surface area contributed by atoms with Crippen molar-refractivity contribution in [1.29, 1.82) is 0 Å². The predicted octanol–water partition coefficient (Wildman–Crippen LogP) is 8.55. The fourth-order valence-corrected chi connectivity index (χ4v) is 6.80. The van der Waals surface area contributed by atoms with E-state index in [0.717, 1.165) is 22.5 Å². The van der Waals surface area contributed by atoms with Crippen LogP contribution in [0.1, 0.15) is 0 Å². The molecule has 0 unspecified atom stereocenters. The summed E-state index contributed by atoms with van der Waals surface area (Å²) < 4.78 is 5.18. The second-order valence-electron chi connectivity index (χ2n) is 7.87. The molecule has 0 bridgehead atoms. The highest BCUT2D eigenvalue weighted by Crippen LogP contribution is 2.39. The molecule has 0 saturated carbocycles. The Bertz CT molecular complexity index is 1660. The van der Waals surface area contributed by atoms with Crippen molar-refractivity contribution in [2.75, 3.05) is 0 Å². The summed E-state index contributed by atoms with van der Waals surface area (Å²) in [4.78, 5) is 9.51. The molecule has 0 aliphatic carbocycles. The fraction of sp³-hybridized carbons (Fsp3) is 0. The molecule has 3 aromatic heterocycles. The third-order valence-corrected chi connectivity index (χ3v) is 8.27. The zero-order chi connectivity index (χ0) is 21.1. The summed E-state index contributed by atoms with van der Waals surface area (Å²) in [5, 5.41) is 5.22. The van der Waals surface area contributed by atoms with Crippen molar-refractivity contribution in [2.45, 2.75) is 0 Å². The molecule has 0 atom stereocenters. The van der Waals surface area contributed by atoms with Crippen LogP contribution < -0.4 is 0 Å². The lowest BCUT2D eigenvalue weighted by Crippen LogP contribution is -1.92. The Hall–Kier alpha value is -3.60. The third-order valence-electron chi connectivity index (χ3n) is 6.00. The van der Waals surface area contributed by atoms with Gasteiger partial charge in [-0.3, -0.25) is 9.97 Å². The summed E-state index contributed by atoms with van der Waals surface area (Å²) in [6.45, 7) is 0. The average molecular weight is 445 g/mol. The summed E-state index contributed by atoms with van der Waals surface area (Å²) in [5.41, 5.74) is 4.05. The maximum absolute atomic E-state index is 4.75. The van der Waals surface area contributed by atoms with Crippen LogP contribution in [0, 0.1) is 0 Å². The number of fused-ring (bicyclic) bond motifs is 6. The monoisotopic (exact) mass is 444 g/mol. The van der Waals surface area contributed by atoms with Crippen LogP contribution in [-0.2, 0) is 0 Å². The van der Waals surface area contributed by atoms with Crippen LogP contribution in [-0.4, -0.2) is 9.97 Å². The van der Waals surface area contributed by atoms with E-state index < -0.39 is 0 Å². The number of aromatic nitrogens is 2. The first-order valence-corrected chi connectivity index (χ1v) is 12.1. The molecular formula is C28H16N2S2. The van der Waals surface area contributed by atoms with Gasteiger partial charge in [0.25, 0.3) is 0 Å². The van der Waals surface area contributed by atoms with E-state index in [1.165, 1.54) is 40.3 Å². The molecule has 2 nitrogen and oxygen atoms in total. The maximum atomic E-state index is 4.75. The van der Waals surface area contributed by atoms with Crippen LogP contribution in [0.4, 0.5) is 0 Å². The lowest BCUT2D eigenvalue weighted by atomic mass is 10.0. The van der Waals surface area contributed by atoms with Crippen LogP contribution in [0.5, 0.6) is 0 Å². The Balaban J connectivity index is 1.41. The van der Waals surface area contributed by atoms with Crippen LogP contribution in [0.25, 0.3) is 62.9 Å². The van der Waals surface area contributed by atoms with Gasteiger partial charge in [-0.15, -0.1) is 22.7 Å². The van der Waals surface area contributed by atoms with Crippen LogP contribution in [0.15, 0.2) is 97.3 Å². The number of hydrogen-bond acceptors (Lipinski definition) is 4. The van der Waals surface area contributed by atoms with Gasteiger partial charge in [0.15, 0.2) is 0 Å². The Kier molecular flexibility index (Phi) is 3.92. The molecule has 0 aliphatic heterocycles. The number of nitrogens with zero attached hydrogens (tertiary/aromatic N) is 2. The largest absolute Gasteiger partial charge is 0.252 e. The Labute approximate surface area is 192 Å². The molecule has 7 rings (SSSR count). The lowest BCUT2D eigenvalue weighted by molar-refractivity contribution is 1.21. The van der Waals surface area contributed by atoms with Crippen molar-refractivity contribution < 1.29 is 0 Å².